The molecule has 1 spiro atoms. The Morgan fingerprint density at radius 2 is 2.24 bits per heavy atom. The molecule has 2 atom stereocenters. The minimum absolute atomic E-state index is 0.0365. The normalized spacial score (nSPS) is 27.7. The summed E-state index contributed by atoms with van der Waals surface area (Å²) < 4.78 is 0. The van der Waals surface area contributed by atoms with Gasteiger partial charge in [-0.1, -0.05) is 12.1 Å². The van der Waals surface area contributed by atoms with Gasteiger partial charge < -0.3 is 10.2 Å². The zero-order valence-corrected chi connectivity index (χ0v) is 14.8. The maximum atomic E-state index is 13.0. The SMILES string of the molecule is O=C(NO)[C@H]1CC2(CC2)CN[C@@H]1C(=O)N1CC=C(c2cccs2)CC1. The van der Waals surface area contributed by atoms with Crippen molar-refractivity contribution in [1.82, 2.24) is 15.7 Å². The molecule has 7 heteroatoms. The van der Waals surface area contributed by atoms with Crippen molar-refractivity contribution in [2.45, 2.75) is 31.7 Å². The van der Waals surface area contributed by atoms with Gasteiger partial charge in [-0.15, -0.1) is 11.3 Å². The number of thiophene rings is 1. The number of amides is 2. The van der Waals surface area contributed by atoms with Gasteiger partial charge in [-0.3, -0.25) is 14.8 Å². The van der Waals surface area contributed by atoms with Crippen LogP contribution in [0.25, 0.3) is 5.57 Å². The molecule has 0 unspecified atom stereocenters. The topological polar surface area (TPSA) is 81.7 Å². The van der Waals surface area contributed by atoms with E-state index in [1.165, 1.54) is 10.5 Å². The Hall–Kier alpha value is -1.70. The summed E-state index contributed by atoms with van der Waals surface area (Å²) in [5, 5.41) is 14.4. The average molecular weight is 361 g/mol. The Balaban J connectivity index is 1.45. The van der Waals surface area contributed by atoms with Gasteiger partial charge in [0.25, 0.3) is 0 Å². The highest BCUT2D eigenvalue weighted by Gasteiger charge is 2.52. The Kier molecular flexibility index (Phi) is 4.39. The highest BCUT2D eigenvalue weighted by Crippen LogP contribution is 2.52. The van der Waals surface area contributed by atoms with Crippen molar-refractivity contribution in [1.29, 1.82) is 0 Å². The summed E-state index contributed by atoms with van der Waals surface area (Å²) in [4.78, 5) is 28.2. The van der Waals surface area contributed by atoms with Crippen LogP contribution in [0.4, 0.5) is 0 Å². The predicted molar refractivity (Wildman–Crippen MR) is 95.0 cm³/mol. The van der Waals surface area contributed by atoms with Gasteiger partial charge in [0.05, 0.1) is 12.0 Å². The molecule has 6 nitrogen and oxygen atoms in total. The lowest BCUT2D eigenvalue weighted by Crippen LogP contribution is -2.59. The van der Waals surface area contributed by atoms with E-state index in [-0.39, 0.29) is 11.3 Å². The van der Waals surface area contributed by atoms with Crippen LogP contribution in [0.2, 0.25) is 0 Å². The molecule has 2 amide bonds. The molecule has 2 aliphatic heterocycles. The van der Waals surface area contributed by atoms with Crippen molar-refractivity contribution >= 4 is 28.7 Å². The van der Waals surface area contributed by atoms with Crippen molar-refractivity contribution in [2.24, 2.45) is 11.3 Å². The third-order valence-electron chi connectivity index (χ3n) is 5.78. The average Bonchev–Trinajstić information content (AvgIpc) is 3.18. The first-order valence-electron chi connectivity index (χ1n) is 8.81. The van der Waals surface area contributed by atoms with Crippen molar-refractivity contribution in [3.8, 4) is 0 Å². The standard InChI is InChI=1S/C18H23N3O3S/c22-16(20-24)13-10-18(5-6-18)11-19-15(13)17(23)21-7-3-12(4-8-21)14-2-1-9-25-14/h1-3,9,13,15,19,24H,4-8,10-11H2,(H,20,22)/t13-,15-/m0/s1. The number of hydroxylamine groups is 1. The van der Waals surface area contributed by atoms with Crippen LogP contribution >= 0.6 is 11.3 Å². The lowest BCUT2D eigenvalue weighted by atomic mass is 9.81. The fourth-order valence-electron chi connectivity index (χ4n) is 4.02. The molecule has 1 saturated heterocycles. The smallest absolute Gasteiger partial charge is 0.248 e. The molecular formula is C18H23N3O3S. The third kappa shape index (κ3) is 3.23. The number of piperidine rings is 1. The van der Waals surface area contributed by atoms with Crippen LogP contribution in [-0.4, -0.2) is 47.6 Å². The number of rotatable bonds is 3. The van der Waals surface area contributed by atoms with Gasteiger partial charge in [0.15, 0.2) is 0 Å². The largest absolute Gasteiger partial charge is 0.337 e. The van der Waals surface area contributed by atoms with Crippen molar-refractivity contribution in [3.63, 3.8) is 0 Å². The highest BCUT2D eigenvalue weighted by atomic mass is 32.1. The summed E-state index contributed by atoms with van der Waals surface area (Å²) in [6.45, 7) is 2.02. The minimum atomic E-state index is -0.546. The van der Waals surface area contributed by atoms with E-state index in [1.807, 2.05) is 11.0 Å². The molecule has 25 heavy (non-hydrogen) atoms. The molecule has 2 fully saturated rings. The van der Waals surface area contributed by atoms with Crippen LogP contribution in [0, 0.1) is 11.3 Å². The maximum Gasteiger partial charge on any atom is 0.248 e. The number of nitrogens with zero attached hydrogens (tertiary/aromatic N) is 1. The number of hydrogen-bond acceptors (Lipinski definition) is 5. The van der Waals surface area contributed by atoms with Gasteiger partial charge >= 0.3 is 0 Å². The maximum absolute atomic E-state index is 13.0. The van der Waals surface area contributed by atoms with E-state index in [1.54, 1.807) is 16.8 Å². The van der Waals surface area contributed by atoms with E-state index in [0.717, 1.165) is 25.8 Å². The molecule has 1 aromatic heterocycles. The van der Waals surface area contributed by atoms with Crippen LogP contribution in [0.1, 0.15) is 30.6 Å². The third-order valence-corrected chi connectivity index (χ3v) is 6.73. The summed E-state index contributed by atoms with van der Waals surface area (Å²) >= 11 is 1.72. The van der Waals surface area contributed by atoms with E-state index in [4.69, 9.17) is 5.21 Å². The zero-order valence-electron chi connectivity index (χ0n) is 14.0. The van der Waals surface area contributed by atoms with E-state index in [0.29, 0.717) is 19.5 Å². The molecule has 3 heterocycles. The molecule has 0 bridgehead atoms. The van der Waals surface area contributed by atoms with E-state index in [9.17, 15) is 9.59 Å². The summed E-state index contributed by atoms with van der Waals surface area (Å²) in [5.41, 5.74) is 3.20. The number of hydrogen-bond donors (Lipinski definition) is 3. The van der Waals surface area contributed by atoms with Crippen LogP contribution in [0.5, 0.6) is 0 Å². The summed E-state index contributed by atoms with van der Waals surface area (Å²) in [7, 11) is 0. The predicted octanol–water partition coefficient (Wildman–Crippen LogP) is 1.63. The minimum Gasteiger partial charge on any atom is -0.337 e. The van der Waals surface area contributed by atoms with E-state index >= 15 is 0 Å². The summed E-state index contributed by atoms with van der Waals surface area (Å²) in [6, 6.07) is 3.60. The monoisotopic (exact) mass is 361 g/mol. The Morgan fingerprint density at radius 3 is 2.84 bits per heavy atom. The molecule has 0 radical (unpaired) electrons. The van der Waals surface area contributed by atoms with Gasteiger partial charge in [-0.25, -0.2) is 5.48 Å². The van der Waals surface area contributed by atoms with Crippen molar-refractivity contribution in [3.05, 3.63) is 28.5 Å². The second kappa shape index (κ2) is 6.55. The van der Waals surface area contributed by atoms with Crippen LogP contribution in [-0.2, 0) is 9.59 Å². The molecule has 4 rings (SSSR count). The lowest BCUT2D eigenvalue weighted by molar-refractivity contribution is -0.144. The first-order chi connectivity index (χ1) is 12.1. The quantitative estimate of drug-likeness (QED) is 0.565. The van der Waals surface area contributed by atoms with E-state index < -0.39 is 17.9 Å². The number of carbonyl (C=O) groups excluding carboxylic acids is 2. The van der Waals surface area contributed by atoms with Crippen molar-refractivity contribution < 1.29 is 14.8 Å². The Morgan fingerprint density at radius 1 is 1.40 bits per heavy atom. The van der Waals surface area contributed by atoms with Gasteiger partial charge in [0.1, 0.15) is 0 Å². The molecule has 134 valence electrons. The van der Waals surface area contributed by atoms with Crippen molar-refractivity contribution in [2.75, 3.05) is 19.6 Å². The lowest BCUT2D eigenvalue weighted by Gasteiger charge is -2.38. The fraction of sp³-hybridized carbons (Fsp3) is 0.556. The van der Waals surface area contributed by atoms with Gasteiger partial charge in [-0.2, -0.15) is 0 Å². The van der Waals surface area contributed by atoms with Crippen LogP contribution < -0.4 is 10.8 Å². The van der Waals surface area contributed by atoms with Gasteiger partial charge in [0, 0.05) is 24.5 Å². The molecule has 1 saturated carbocycles. The zero-order chi connectivity index (χ0) is 17.4. The Bertz CT molecular complexity index is 696. The first kappa shape index (κ1) is 16.8. The summed E-state index contributed by atoms with van der Waals surface area (Å²) in [6.07, 6.45) is 5.80. The molecular weight excluding hydrogens is 338 g/mol. The van der Waals surface area contributed by atoms with Gasteiger partial charge in [-0.05, 0) is 48.1 Å². The van der Waals surface area contributed by atoms with Gasteiger partial charge in [0.2, 0.25) is 11.8 Å². The van der Waals surface area contributed by atoms with Crippen LogP contribution in [0.3, 0.4) is 0 Å². The van der Waals surface area contributed by atoms with Crippen LogP contribution in [0.15, 0.2) is 23.6 Å². The fourth-order valence-corrected chi connectivity index (χ4v) is 4.82. The molecule has 0 aromatic carbocycles. The molecule has 3 N–H and O–H groups in total. The Labute approximate surface area is 150 Å². The summed E-state index contributed by atoms with van der Waals surface area (Å²) in [5.74, 6) is -0.995. The molecule has 1 aliphatic carbocycles. The van der Waals surface area contributed by atoms with E-state index in [2.05, 4.69) is 22.8 Å². The first-order valence-corrected chi connectivity index (χ1v) is 9.69. The molecule has 3 aliphatic rings. The second-order valence-electron chi connectivity index (χ2n) is 7.39. The highest BCUT2D eigenvalue weighted by molar-refractivity contribution is 7.11. The second-order valence-corrected chi connectivity index (χ2v) is 8.33. The molecule has 1 aromatic rings. The number of nitrogens with one attached hydrogen (secondary N) is 2. The number of carbonyl (C=O) groups is 2.